The molecule has 1 heterocycles. The molecule has 0 bridgehead atoms. The Hall–Kier alpha value is -3.41. The van der Waals surface area contributed by atoms with Crippen molar-refractivity contribution in [1.82, 2.24) is 9.78 Å². The van der Waals surface area contributed by atoms with Gasteiger partial charge in [0, 0.05) is 11.3 Å². The number of rotatable bonds is 6. The number of carboxylic acid groups (broad SMARTS) is 1. The highest BCUT2D eigenvalue weighted by Gasteiger charge is 2.10. The first-order chi connectivity index (χ1) is 12.5. The van der Waals surface area contributed by atoms with E-state index >= 15 is 0 Å². The van der Waals surface area contributed by atoms with Crippen molar-refractivity contribution in [2.24, 2.45) is 5.10 Å². The molecule has 0 saturated carbocycles. The van der Waals surface area contributed by atoms with Crippen LogP contribution in [0.1, 0.15) is 32.9 Å². The number of aryl methyl sites for hydroxylation is 1. The van der Waals surface area contributed by atoms with Gasteiger partial charge >= 0.3 is 5.97 Å². The zero-order valence-electron chi connectivity index (χ0n) is 14.7. The molecule has 2 N–H and O–H groups in total. The van der Waals surface area contributed by atoms with Crippen molar-refractivity contribution < 1.29 is 9.90 Å². The minimum absolute atomic E-state index is 0.216. The van der Waals surface area contributed by atoms with Crippen LogP contribution in [0.2, 0.25) is 0 Å². The predicted octanol–water partition coefficient (Wildman–Crippen LogP) is 3.69. The molecule has 0 fully saturated rings. The highest BCUT2D eigenvalue weighted by Crippen LogP contribution is 2.14. The van der Waals surface area contributed by atoms with Crippen LogP contribution in [0.4, 0.5) is 5.69 Å². The number of benzene rings is 2. The highest BCUT2D eigenvalue weighted by molar-refractivity contribution is 5.89. The van der Waals surface area contributed by atoms with Crippen LogP contribution in [0.5, 0.6) is 0 Å². The number of aromatic carboxylic acids is 1. The number of nitrogens with zero attached hydrogens (tertiary/aromatic N) is 3. The molecule has 1 aromatic heterocycles. The molecular weight excluding hydrogens is 328 g/mol. The first kappa shape index (κ1) is 17.4. The zero-order chi connectivity index (χ0) is 18.5. The number of anilines is 1. The molecule has 26 heavy (non-hydrogen) atoms. The second-order valence-electron chi connectivity index (χ2n) is 5.98. The first-order valence-corrected chi connectivity index (χ1v) is 8.25. The molecule has 6 heteroatoms. The van der Waals surface area contributed by atoms with Crippen molar-refractivity contribution in [1.29, 1.82) is 0 Å². The van der Waals surface area contributed by atoms with E-state index in [0.29, 0.717) is 12.2 Å². The van der Waals surface area contributed by atoms with E-state index in [4.69, 9.17) is 5.11 Å². The fourth-order valence-corrected chi connectivity index (χ4v) is 2.70. The molecule has 0 amide bonds. The Kier molecular flexibility index (Phi) is 5.12. The Morgan fingerprint density at radius 1 is 1.19 bits per heavy atom. The lowest BCUT2D eigenvalue weighted by Gasteiger charge is -2.04. The van der Waals surface area contributed by atoms with E-state index in [1.807, 2.05) is 36.7 Å². The molecular formula is C20H20N4O2. The van der Waals surface area contributed by atoms with Crippen LogP contribution in [0.15, 0.2) is 59.7 Å². The molecule has 6 nitrogen and oxygen atoms in total. The maximum absolute atomic E-state index is 11.0. The molecule has 2 aromatic carbocycles. The van der Waals surface area contributed by atoms with Crippen molar-refractivity contribution in [3.05, 3.63) is 82.7 Å². The van der Waals surface area contributed by atoms with Crippen molar-refractivity contribution in [2.45, 2.75) is 20.4 Å². The molecule has 132 valence electrons. The predicted molar refractivity (Wildman–Crippen MR) is 102 cm³/mol. The largest absolute Gasteiger partial charge is 0.478 e. The van der Waals surface area contributed by atoms with Crippen molar-refractivity contribution in [3.63, 3.8) is 0 Å². The minimum Gasteiger partial charge on any atom is -0.478 e. The number of carboxylic acids is 1. The third kappa shape index (κ3) is 3.97. The Labute approximate surface area is 151 Å². The van der Waals surface area contributed by atoms with Crippen LogP contribution in [-0.4, -0.2) is 27.1 Å². The fourth-order valence-electron chi connectivity index (χ4n) is 2.70. The van der Waals surface area contributed by atoms with E-state index in [9.17, 15) is 4.79 Å². The van der Waals surface area contributed by atoms with Crippen LogP contribution < -0.4 is 5.43 Å². The molecule has 3 aromatic rings. The summed E-state index contributed by atoms with van der Waals surface area (Å²) >= 11 is 0. The second-order valence-corrected chi connectivity index (χ2v) is 5.98. The Morgan fingerprint density at radius 3 is 2.69 bits per heavy atom. The summed E-state index contributed by atoms with van der Waals surface area (Å²) in [6.07, 6.45) is 1.71. The van der Waals surface area contributed by atoms with Gasteiger partial charge in [0.1, 0.15) is 0 Å². The summed E-state index contributed by atoms with van der Waals surface area (Å²) in [4.78, 5) is 11.0. The lowest BCUT2D eigenvalue weighted by Crippen LogP contribution is -2.04. The molecule has 0 spiro atoms. The molecule has 3 rings (SSSR count). The second kappa shape index (κ2) is 7.65. The van der Waals surface area contributed by atoms with E-state index in [0.717, 1.165) is 17.0 Å². The Morgan fingerprint density at radius 2 is 1.96 bits per heavy atom. The van der Waals surface area contributed by atoms with Gasteiger partial charge in [-0.3, -0.25) is 10.1 Å². The molecule has 0 unspecified atom stereocenters. The lowest BCUT2D eigenvalue weighted by molar-refractivity contribution is 0.0697. The molecule has 0 aliphatic carbocycles. The fraction of sp³-hybridized carbons (Fsp3) is 0.150. The number of nitrogens with one attached hydrogen (secondary N) is 1. The molecule has 0 radical (unpaired) electrons. The van der Waals surface area contributed by atoms with Crippen LogP contribution in [0.3, 0.4) is 0 Å². The summed E-state index contributed by atoms with van der Waals surface area (Å²) in [7, 11) is 0. The molecule has 0 saturated heterocycles. The Balaban J connectivity index is 1.74. The van der Waals surface area contributed by atoms with Gasteiger partial charge in [0.25, 0.3) is 0 Å². The van der Waals surface area contributed by atoms with E-state index in [2.05, 4.69) is 27.8 Å². The van der Waals surface area contributed by atoms with Gasteiger partial charge in [-0.2, -0.15) is 10.2 Å². The van der Waals surface area contributed by atoms with Crippen LogP contribution in [-0.2, 0) is 6.54 Å². The van der Waals surface area contributed by atoms with Gasteiger partial charge in [-0.1, -0.05) is 36.4 Å². The van der Waals surface area contributed by atoms with Crippen LogP contribution in [0.25, 0.3) is 0 Å². The third-order valence-electron chi connectivity index (χ3n) is 4.11. The van der Waals surface area contributed by atoms with Gasteiger partial charge in [-0.05, 0) is 37.6 Å². The van der Waals surface area contributed by atoms with Gasteiger partial charge in [-0.15, -0.1) is 0 Å². The van der Waals surface area contributed by atoms with E-state index in [1.165, 1.54) is 11.6 Å². The number of hydrogen-bond donors (Lipinski definition) is 2. The van der Waals surface area contributed by atoms with Gasteiger partial charge in [-0.25, -0.2) is 4.79 Å². The monoisotopic (exact) mass is 348 g/mol. The molecule has 0 atom stereocenters. The highest BCUT2D eigenvalue weighted by atomic mass is 16.4. The average molecular weight is 348 g/mol. The maximum atomic E-state index is 11.0. The average Bonchev–Trinajstić information content (AvgIpc) is 2.90. The summed E-state index contributed by atoms with van der Waals surface area (Å²) in [6.45, 7) is 4.66. The van der Waals surface area contributed by atoms with E-state index in [1.54, 1.807) is 24.4 Å². The smallest absolute Gasteiger partial charge is 0.335 e. The lowest BCUT2D eigenvalue weighted by atomic mass is 10.2. The number of hydrogen-bond acceptors (Lipinski definition) is 4. The maximum Gasteiger partial charge on any atom is 0.335 e. The van der Waals surface area contributed by atoms with Gasteiger partial charge in [0.05, 0.1) is 29.7 Å². The first-order valence-electron chi connectivity index (χ1n) is 8.25. The van der Waals surface area contributed by atoms with Crippen LogP contribution >= 0.6 is 0 Å². The molecule has 0 aliphatic rings. The summed E-state index contributed by atoms with van der Waals surface area (Å²) < 4.78 is 1.96. The number of carbonyl (C=O) groups is 1. The van der Waals surface area contributed by atoms with Crippen molar-refractivity contribution in [2.75, 3.05) is 5.43 Å². The summed E-state index contributed by atoms with van der Waals surface area (Å²) in [5, 5.41) is 17.9. The topological polar surface area (TPSA) is 79.5 Å². The summed E-state index contributed by atoms with van der Waals surface area (Å²) in [5.41, 5.74) is 7.75. The standard InChI is InChI=1S/C20H20N4O2/c1-14-19(12-21-22-18-10-6-9-17(11-18)20(25)26)15(2)24(23-14)13-16-7-4-3-5-8-16/h3-12,22H,13H2,1-2H3,(H,25,26)/b21-12-. The van der Waals surface area contributed by atoms with Gasteiger partial charge < -0.3 is 5.11 Å². The minimum atomic E-state index is -0.966. The third-order valence-corrected chi connectivity index (χ3v) is 4.11. The van der Waals surface area contributed by atoms with E-state index in [-0.39, 0.29) is 5.56 Å². The normalized spacial score (nSPS) is 11.0. The zero-order valence-corrected chi connectivity index (χ0v) is 14.7. The summed E-state index contributed by atoms with van der Waals surface area (Å²) in [6, 6.07) is 16.7. The number of aromatic nitrogens is 2. The molecule has 0 aliphatic heterocycles. The van der Waals surface area contributed by atoms with Gasteiger partial charge in [0.15, 0.2) is 0 Å². The van der Waals surface area contributed by atoms with Crippen molar-refractivity contribution >= 4 is 17.9 Å². The number of hydrazone groups is 1. The van der Waals surface area contributed by atoms with E-state index < -0.39 is 5.97 Å². The van der Waals surface area contributed by atoms with Crippen molar-refractivity contribution in [3.8, 4) is 0 Å². The van der Waals surface area contributed by atoms with Crippen LogP contribution in [0, 0.1) is 13.8 Å². The summed E-state index contributed by atoms with van der Waals surface area (Å²) in [5.74, 6) is -0.966. The Bertz CT molecular complexity index is 946. The quantitative estimate of drug-likeness (QED) is 0.526. The van der Waals surface area contributed by atoms with Gasteiger partial charge in [0.2, 0.25) is 0 Å². The SMILES string of the molecule is Cc1nn(Cc2ccccc2)c(C)c1/C=N\Nc1cccc(C(=O)O)c1.